The van der Waals surface area contributed by atoms with E-state index in [2.05, 4.69) is 25.6 Å². The van der Waals surface area contributed by atoms with E-state index >= 15 is 0 Å². The smallest absolute Gasteiger partial charge is 0.270 e. The molecule has 2 N–H and O–H groups in total. The van der Waals surface area contributed by atoms with Gasteiger partial charge < -0.3 is 15.4 Å². The summed E-state index contributed by atoms with van der Waals surface area (Å²) in [7, 11) is 1.60. The van der Waals surface area contributed by atoms with Crippen molar-refractivity contribution in [1.82, 2.24) is 20.3 Å². The third-order valence-corrected chi connectivity index (χ3v) is 3.67. The fraction of sp³-hybridized carbons (Fsp3) is 0.158. The normalized spacial score (nSPS) is 10.2. The monoisotopic (exact) mass is 349 g/mol. The molecule has 0 aliphatic carbocycles. The quantitative estimate of drug-likeness (QED) is 0.711. The molecule has 0 saturated carbocycles. The summed E-state index contributed by atoms with van der Waals surface area (Å²) in [6, 6.07) is 12.9. The van der Waals surface area contributed by atoms with Crippen molar-refractivity contribution in [2.45, 2.75) is 13.5 Å². The van der Waals surface area contributed by atoms with E-state index < -0.39 is 0 Å². The van der Waals surface area contributed by atoms with Crippen LogP contribution in [-0.2, 0) is 6.54 Å². The van der Waals surface area contributed by atoms with E-state index in [0.717, 1.165) is 16.9 Å². The standard InChI is InChI=1S/C19H19N5O2/c1-13-6-7-17(26-2)15(9-13)24-18-10-16(22-12-23-18)19(25)21-11-14-5-3-4-8-20-14/h3-10,12H,11H2,1-2H3,(H,21,25)(H,22,23,24). The number of aromatic nitrogens is 3. The molecule has 0 unspecified atom stereocenters. The molecule has 0 aliphatic rings. The molecular formula is C19H19N5O2. The molecular weight excluding hydrogens is 330 g/mol. The summed E-state index contributed by atoms with van der Waals surface area (Å²) in [5, 5.41) is 5.96. The van der Waals surface area contributed by atoms with Crippen molar-refractivity contribution in [3.63, 3.8) is 0 Å². The molecule has 132 valence electrons. The number of nitrogens with one attached hydrogen (secondary N) is 2. The number of anilines is 2. The zero-order valence-corrected chi connectivity index (χ0v) is 14.6. The van der Waals surface area contributed by atoms with Crippen LogP contribution in [0.5, 0.6) is 5.75 Å². The Labute approximate surface area is 151 Å². The molecule has 26 heavy (non-hydrogen) atoms. The van der Waals surface area contributed by atoms with Crippen molar-refractivity contribution < 1.29 is 9.53 Å². The lowest BCUT2D eigenvalue weighted by Crippen LogP contribution is -2.24. The maximum absolute atomic E-state index is 12.3. The fourth-order valence-corrected chi connectivity index (χ4v) is 2.37. The number of carbonyl (C=O) groups is 1. The molecule has 0 aliphatic heterocycles. The van der Waals surface area contributed by atoms with Gasteiger partial charge in [0.2, 0.25) is 0 Å². The second-order valence-corrected chi connectivity index (χ2v) is 5.62. The van der Waals surface area contributed by atoms with Gasteiger partial charge in [-0.3, -0.25) is 9.78 Å². The van der Waals surface area contributed by atoms with Gasteiger partial charge in [0.05, 0.1) is 25.0 Å². The third-order valence-electron chi connectivity index (χ3n) is 3.67. The molecule has 0 atom stereocenters. The highest BCUT2D eigenvalue weighted by molar-refractivity contribution is 5.92. The lowest BCUT2D eigenvalue weighted by Gasteiger charge is -2.12. The summed E-state index contributed by atoms with van der Waals surface area (Å²) >= 11 is 0. The van der Waals surface area contributed by atoms with E-state index in [1.807, 2.05) is 43.3 Å². The summed E-state index contributed by atoms with van der Waals surface area (Å²) < 4.78 is 5.35. The van der Waals surface area contributed by atoms with Crippen molar-refractivity contribution in [1.29, 1.82) is 0 Å². The average Bonchev–Trinajstić information content (AvgIpc) is 2.67. The van der Waals surface area contributed by atoms with E-state index in [9.17, 15) is 4.79 Å². The van der Waals surface area contributed by atoms with Gasteiger partial charge in [0.15, 0.2) is 0 Å². The molecule has 1 amide bonds. The van der Waals surface area contributed by atoms with E-state index in [1.54, 1.807) is 19.4 Å². The zero-order chi connectivity index (χ0) is 18.4. The molecule has 0 radical (unpaired) electrons. The Morgan fingerprint density at radius 1 is 1.12 bits per heavy atom. The Balaban J connectivity index is 1.72. The van der Waals surface area contributed by atoms with Gasteiger partial charge in [-0.15, -0.1) is 0 Å². The molecule has 7 heteroatoms. The molecule has 2 aromatic heterocycles. The summed E-state index contributed by atoms with van der Waals surface area (Å²) in [5.74, 6) is 0.902. The van der Waals surface area contributed by atoms with Crippen LogP contribution in [0.4, 0.5) is 11.5 Å². The molecule has 3 rings (SSSR count). The van der Waals surface area contributed by atoms with Crippen molar-refractivity contribution >= 4 is 17.4 Å². The SMILES string of the molecule is COc1ccc(C)cc1Nc1cc(C(=O)NCc2ccccn2)ncn1. The number of aryl methyl sites for hydroxylation is 1. The number of carbonyl (C=O) groups excluding carboxylic acids is 1. The number of ether oxygens (including phenoxy) is 1. The minimum atomic E-state index is -0.294. The Morgan fingerprint density at radius 3 is 2.77 bits per heavy atom. The summed E-state index contributed by atoms with van der Waals surface area (Å²) in [6.07, 6.45) is 3.03. The van der Waals surface area contributed by atoms with Crippen LogP contribution in [-0.4, -0.2) is 28.0 Å². The first-order valence-electron chi connectivity index (χ1n) is 8.07. The van der Waals surface area contributed by atoms with Crippen molar-refractivity contribution in [2.75, 3.05) is 12.4 Å². The molecule has 0 fully saturated rings. The van der Waals surface area contributed by atoms with E-state index in [-0.39, 0.29) is 11.6 Å². The molecule has 2 heterocycles. The first-order chi connectivity index (χ1) is 12.7. The van der Waals surface area contributed by atoms with Crippen LogP contribution in [0.2, 0.25) is 0 Å². The number of benzene rings is 1. The first-order valence-corrected chi connectivity index (χ1v) is 8.07. The van der Waals surface area contributed by atoms with E-state index in [4.69, 9.17) is 4.74 Å². The van der Waals surface area contributed by atoms with Crippen molar-refractivity contribution in [2.24, 2.45) is 0 Å². The van der Waals surface area contributed by atoms with Gasteiger partial charge >= 0.3 is 0 Å². The molecule has 0 bridgehead atoms. The van der Waals surface area contributed by atoms with Crippen LogP contribution in [0, 0.1) is 6.92 Å². The van der Waals surface area contributed by atoms with Crippen molar-refractivity contribution in [3.8, 4) is 5.75 Å². The first kappa shape index (κ1) is 17.3. The lowest BCUT2D eigenvalue weighted by atomic mass is 10.2. The van der Waals surface area contributed by atoms with Gasteiger partial charge in [0.25, 0.3) is 5.91 Å². The van der Waals surface area contributed by atoms with Crippen LogP contribution >= 0.6 is 0 Å². The van der Waals surface area contributed by atoms with Gasteiger partial charge in [-0.2, -0.15) is 0 Å². The number of hydrogen-bond donors (Lipinski definition) is 2. The number of methoxy groups -OCH3 is 1. The maximum Gasteiger partial charge on any atom is 0.270 e. The molecule has 3 aromatic rings. The van der Waals surface area contributed by atoms with Crippen LogP contribution in [0.3, 0.4) is 0 Å². The highest BCUT2D eigenvalue weighted by Crippen LogP contribution is 2.27. The van der Waals surface area contributed by atoms with Gasteiger partial charge in [-0.1, -0.05) is 12.1 Å². The highest BCUT2D eigenvalue weighted by atomic mass is 16.5. The lowest BCUT2D eigenvalue weighted by molar-refractivity contribution is 0.0945. The van der Waals surface area contributed by atoms with Crippen LogP contribution < -0.4 is 15.4 Å². The van der Waals surface area contributed by atoms with Crippen LogP contribution in [0.1, 0.15) is 21.7 Å². The number of amides is 1. The van der Waals surface area contributed by atoms with E-state index in [0.29, 0.717) is 18.1 Å². The second kappa shape index (κ2) is 8.06. The van der Waals surface area contributed by atoms with Crippen molar-refractivity contribution in [3.05, 3.63) is 71.9 Å². The predicted molar refractivity (Wildman–Crippen MR) is 98.5 cm³/mol. The second-order valence-electron chi connectivity index (χ2n) is 5.62. The number of nitrogens with zero attached hydrogens (tertiary/aromatic N) is 3. The Morgan fingerprint density at radius 2 is 2.00 bits per heavy atom. The van der Waals surface area contributed by atoms with Gasteiger partial charge in [-0.25, -0.2) is 9.97 Å². The highest BCUT2D eigenvalue weighted by Gasteiger charge is 2.10. The number of pyridine rings is 1. The summed E-state index contributed by atoms with van der Waals surface area (Å²) in [6.45, 7) is 2.32. The summed E-state index contributed by atoms with van der Waals surface area (Å²) in [4.78, 5) is 24.7. The van der Waals surface area contributed by atoms with E-state index in [1.165, 1.54) is 6.33 Å². The average molecular weight is 349 g/mol. The van der Waals surface area contributed by atoms with Gasteiger partial charge in [0.1, 0.15) is 23.6 Å². The Hall–Kier alpha value is -3.48. The van der Waals surface area contributed by atoms with Crippen LogP contribution in [0.25, 0.3) is 0 Å². The number of rotatable bonds is 6. The largest absolute Gasteiger partial charge is 0.495 e. The Bertz CT molecular complexity index is 899. The van der Waals surface area contributed by atoms with Gasteiger partial charge in [-0.05, 0) is 36.8 Å². The molecule has 7 nitrogen and oxygen atoms in total. The molecule has 0 spiro atoms. The van der Waals surface area contributed by atoms with Crippen LogP contribution in [0.15, 0.2) is 55.0 Å². The predicted octanol–water partition coefficient (Wildman–Crippen LogP) is 2.86. The zero-order valence-electron chi connectivity index (χ0n) is 14.6. The fourth-order valence-electron chi connectivity index (χ4n) is 2.37. The number of hydrogen-bond acceptors (Lipinski definition) is 6. The summed E-state index contributed by atoms with van der Waals surface area (Å²) in [5.41, 5.74) is 2.89. The minimum Gasteiger partial charge on any atom is -0.495 e. The molecule has 1 aromatic carbocycles. The third kappa shape index (κ3) is 4.32. The maximum atomic E-state index is 12.3. The molecule has 0 saturated heterocycles. The topological polar surface area (TPSA) is 89.0 Å². The Kier molecular flexibility index (Phi) is 5.38. The minimum absolute atomic E-state index is 0.269. The van der Waals surface area contributed by atoms with Gasteiger partial charge in [0, 0.05) is 12.3 Å².